The molecule has 1 nitrogen and oxygen atoms in total. The van der Waals surface area contributed by atoms with Gasteiger partial charge in [0.15, 0.2) is 0 Å². The number of nitrogens with two attached hydrogens (primary N) is 1. The van der Waals surface area contributed by atoms with E-state index in [1.54, 1.807) is 23.5 Å². The number of thiophene rings is 1. The Labute approximate surface area is 126 Å². The zero-order valence-electron chi connectivity index (χ0n) is 9.71. The van der Waals surface area contributed by atoms with E-state index in [-0.39, 0.29) is 11.9 Å². The van der Waals surface area contributed by atoms with Gasteiger partial charge in [-0.05, 0) is 74.5 Å². The summed E-state index contributed by atoms with van der Waals surface area (Å²) in [6, 6.07) is 7.05. The van der Waals surface area contributed by atoms with Crippen molar-refractivity contribution in [1.82, 2.24) is 0 Å². The minimum atomic E-state index is -0.248. The van der Waals surface area contributed by atoms with Crippen LogP contribution < -0.4 is 5.73 Å². The average Bonchev–Trinajstić information content (AvgIpc) is 2.65. The molecule has 0 aliphatic carbocycles. The maximum atomic E-state index is 13.1. The molecule has 2 rings (SSSR count). The van der Waals surface area contributed by atoms with Gasteiger partial charge in [0.05, 0.1) is 8.26 Å². The minimum Gasteiger partial charge on any atom is -0.323 e. The molecule has 0 radical (unpaired) electrons. The van der Waals surface area contributed by atoms with Gasteiger partial charge < -0.3 is 5.73 Å². The van der Waals surface area contributed by atoms with E-state index >= 15 is 0 Å². The molecule has 0 spiro atoms. The Kier molecular flexibility index (Phi) is 4.59. The summed E-state index contributed by atoms with van der Waals surface area (Å²) in [6.07, 6.45) is 0.700. The van der Waals surface area contributed by atoms with Gasteiger partial charge in [-0.1, -0.05) is 6.07 Å². The van der Waals surface area contributed by atoms with E-state index in [4.69, 9.17) is 5.73 Å². The number of aryl methyl sites for hydroxylation is 1. The first-order valence-corrected chi connectivity index (χ1v) is 7.83. The average molecular weight is 393 g/mol. The third kappa shape index (κ3) is 3.20. The van der Waals surface area contributed by atoms with Gasteiger partial charge in [0.2, 0.25) is 0 Å². The van der Waals surface area contributed by atoms with Crippen molar-refractivity contribution >= 4 is 43.2 Å². The summed E-state index contributed by atoms with van der Waals surface area (Å²) in [5.74, 6) is -0.248. The Balaban J connectivity index is 2.15. The van der Waals surface area contributed by atoms with Gasteiger partial charge in [-0.15, -0.1) is 11.3 Å². The lowest BCUT2D eigenvalue weighted by Crippen LogP contribution is -2.11. The molecule has 1 atom stereocenters. The van der Waals surface area contributed by atoms with E-state index in [1.165, 1.54) is 11.6 Å². The number of benzene rings is 1. The van der Waals surface area contributed by atoms with Crippen molar-refractivity contribution in [3.8, 4) is 0 Å². The zero-order chi connectivity index (χ0) is 13.3. The van der Waals surface area contributed by atoms with Crippen LogP contribution in [0.2, 0.25) is 0 Å². The Morgan fingerprint density at radius 3 is 2.61 bits per heavy atom. The standard InChI is InChI=1S/C13H12Br2FNS/c1-7-4-12(18-13(7)15)11(17)6-8-2-3-10(16)9(14)5-8/h2-5,11H,6,17H2,1H3. The highest BCUT2D eigenvalue weighted by molar-refractivity contribution is 9.11. The van der Waals surface area contributed by atoms with E-state index < -0.39 is 0 Å². The monoisotopic (exact) mass is 391 g/mol. The third-order valence-electron chi connectivity index (χ3n) is 2.68. The highest BCUT2D eigenvalue weighted by atomic mass is 79.9. The Hall–Kier alpha value is -0.230. The van der Waals surface area contributed by atoms with Crippen molar-refractivity contribution in [3.63, 3.8) is 0 Å². The van der Waals surface area contributed by atoms with Crippen molar-refractivity contribution in [2.24, 2.45) is 5.73 Å². The molecular formula is C13H12Br2FNS. The zero-order valence-corrected chi connectivity index (χ0v) is 13.7. The molecule has 1 heterocycles. The van der Waals surface area contributed by atoms with Crippen LogP contribution in [0.5, 0.6) is 0 Å². The van der Waals surface area contributed by atoms with Gasteiger partial charge in [-0.25, -0.2) is 4.39 Å². The van der Waals surface area contributed by atoms with Crippen LogP contribution in [0.3, 0.4) is 0 Å². The lowest BCUT2D eigenvalue weighted by Gasteiger charge is -2.10. The molecule has 2 N–H and O–H groups in total. The van der Waals surface area contributed by atoms with Crippen LogP contribution in [0.1, 0.15) is 22.0 Å². The Morgan fingerprint density at radius 1 is 1.33 bits per heavy atom. The van der Waals surface area contributed by atoms with Crippen molar-refractivity contribution in [1.29, 1.82) is 0 Å². The fourth-order valence-corrected chi connectivity index (χ4v) is 3.69. The van der Waals surface area contributed by atoms with Crippen LogP contribution >= 0.6 is 43.2 Å². The summed E-state index contributed by atoms with van der Waals surface area (Å²) in [4.78, 5) is 1.14. The third-order valence-corrected chi connectivity index (χ3v) is 5.56. The van der Waals surface area contributed by atoms with Crippen molar-refractivity contribution in [2.45, 2.75) is 19.4 Å². The predicted octanol–water partition coefficient (Wildman–Crippen LogP) is 4.96. The maximum absolute atomic E-state index is 13.1. The van der Waals surface area contributed by atoms with Gasteiger partial charge in [0, 0.05) is 10.9 Å². The van der Waals surface area contributed by atoms with Crippen LogP contribution in [0.25, 0.3) is 0 Å². The van der Waals surface area contributed by atoms with Crippen LogP contribution in [0, 0.1) is 12.7 Å². The van der Waals surface area contributed by atoms with Gasteiger partial charge in [-0.3, -0.25) is 0 Å². The molecule has 18 heavy (non-hydrogen) atoms. The normalized spacial score (nSPS) is 12.7. The second kappa shape index (κ2) is 5.82. The topological polar surface area (TPSA) is 26.0 Å². The van der Waals surface area contributed by atoms with E-state index in [0.29, 0.717) is 10.9 Å². The Bertz CT molecular complexity index is 549. The first kappa shape index (κ1) is 14.2. The van der Waals surface area contributed by atoms with Crippen LogP contribution in [0.4, 0.5) is 4.39 Å². The SMILES string of the molecule is Cc1cc(C(N)Cc2ccc(F)c(Br)c2)sc1Br. The van der Waals surface area contributed by atoms with E-state index in [1.807, 2.05) is 6.92 Å². The number of hydrogen-bond donors (Lipinski definition) is 1. The largest absolute Gasteiger partial charge is 0.323 e. The van der Waals surface area contributed by atoms with Gasteiger partial charge >= 0.3 is 0 Å². The summed E-state index contributed by atoms with van der Waals surface area (Å²) >= 11 is 8.34. The molecule has 0 amide bonds. The summed E-state index contributed by atoms with van der Waals surface area (Å²) in [7, 11) is 0. The molecular weight excluding hydrogens is 381 g/mol. The molecule has 0 aliphatic rings. The smallest absolute Gasteiger partial charge is 0.137 e. The molecule has 0 bridgehead atoms. The van der Waals surface area contributed by atoms with E-state index in [0.717, 1.165) is 14.2 Å². The second-order valence-corrected chi connectivity index (χ2v) is 7.42. The molecule has 0 saturated carbocycles. The molecule has 1 aromatic heterocycles. The number of hydrogen-bond acceptors (Lipinski definition) is 2. The predicted molar refractivity (Wildman–Crippen MR) is 81.5 cm³/mol. The van der Waals surface area contributed by atoms with Crippen LogP contribution in [-0.2, 0) is 6.42 Å². The molecule has 1 aromatic carbocycles. The molecule has 0 aliphatic heterocycles. The lowest BCUT2D eigenvalue weighted by atomic mass is 10.1. The van der Waals surface area contributed by atoms with Gasteiger partial charge in [-0.2, -0.15) is 0 Å². The quantitative estimate of drug-likeness (QED) is 0.784. The first-order valence-electron chi connectivity index (χ1n) is 5.42. The number of rotatable bonds is 3. The van der Waals surface area contributed by atoms with Crippen molar-refractivity contribution in [2.75, 3.05) is 0 Å². The number of halogens is 3. The van der Waals surface area contributed by atoms with Crippen molar-refractivity contribution in [3.05, 3.63) is 54.3 Å². The van der Waals surface area contributed by atoms with Crippen LogP contribution in [-0.4, -0.2) is 0 Å². The van der Waals surface area contributed by atoms with E-state index in [9.17, 15) is 4.39 Å². The fraction of sp³-hybridized carbons (Fsp3) is 0.231. The lowest BCUT2D eigenvalue weighted by molar-refractivity contribution is 0.619. The highest BCUT2D eigenvalue weighted by Gasteiger charge is 2.12. The second-order valence-electron chi connectivity index (χ2n) is 4.16. The Morgan fingerprint density at radius 2 is 2.06 bits per heavy atom. The molecule has 96 valence electrons. The van der Waals surface area contributed by atoms with Crippen LogP contribution in [0.15, 0.2) is 32.5 Å². The minimum absolute atomic E-state index is 0.0580. The molecule has 1 unspecified atom stereocenters. The molecule has 0 saturated heterocycles. The van der Waals surface area contributed by atoms with Gasteiger partial charge in [0.1, 0.15) is 5.82 Å². The van der Waals surface area contributed by atoms with Gasteiger partial charge in [0.25, 0.3) is 0 Å². The van der Waals surface area contributed by atoms with E-state index in [2.05, 4.69) is 37.9 Å². The summed E-state index contributed by atoms with van der Waals surface area (Å²) in [5, 5.41) is 0. The molecule has 2 aromatic rings. The fourth-order valence-electron chi connectivity index (χ4n) is 1.69. The van der Waals surface area contributed by atoms with Crippen molar-refractivity contribution < 1.29 is 4.39 Å². The highest BCUT2D eigenvalue weighted by Crippen LogP contribution is 2.32. The maximum Gasteiger partial charge on any atom is 0.137 e. The molecule has 0 fully saturated rings. The summed E-state index contributed by atoms with van der Waals surface area (Å²) in [5.41, 5.74) is 8.40. The summed E-state index contributed by atoms with van der Waals surface area (Å²) in [6.45, 7) is 2.05. The molecule has 5 heteroatoms. The first-order chi connectivity index (χ1) is 8.47. The summed E-state index contributed by atoms with van der Waals surface area (Å²) < 4.78 is 14.7.